The van der Waals surface area contributed by atoms with E-state index in [2.05, 4.69) is 10.6 Å². The zero-order valence-electron chi connectivity index (χ0n) is 24.7. The summed E-state index contributed by atoms with van der Waals surface area (Å²) in [5, 5.41) is 6.93. The lowest BCUT2D eigenvalue weighted by molar-refractivity contribution is 0.101. The summed E-state index contributed by atoms with van der Waals surface area (Å²) in [5.74, 6) is 1.09. The Hall–Kier alpha value is -4.40. The van der Waals surface area contributed by atoms with Gasteiger partial charge in [-0.3, -0.25) is 9.59 Å². The van der Waals surface area contributed by atoms with E-state index in [-0.39, 0.29) is 18.2 Å². The fourth-order valence-electron chi connectivity index (χ4n) is 4.43. The van der Waals surface area contributed by atoms with Gasteiger partial charge < -0.3 is 29.6 Å². The quantitative estimate of drug-likeness (QED) is 0.188. The number of ether oxygens (including phenoxy) is 4. The van der Waals surface area contributed by atoms with Gasteiger partial charge in [-0.2, -0.15) is 0 Å². The highest BCUT2D eigenvalue weighted by Crippen LogP contribution is 2.39. The van der Waals surface area contributed by atoms with Gasteiger partial charge in [0, 0.05) is 51.1 Å². The van der Waals surface area contributed by atoms with Crippen LogP contribution in [-0.2, 0) is 6.42 Å². The first-order chi connectivity index (χ1) is 20.6. The molecule has 0 aliphatic carbocycles. The zero-order chi connectivity index (χ0) is 31.3. The number of methoxy groups -OCH3 is 4. The van der Waals surface area contributed by atoms with Crippen molar-refractivity contribution in [1.29, 1.82) is 0 Å². The van der Waals surface area contributed by atoms with Crippen LogP contribution in [0.1, 0.15) is 43.0 Å². The summed E-state index contributed by atoms with van der Waals surface area (Å²) in [6, 6.07) is 17.1. The van der Waals surface area contributed by atoms with E-state index in [1.807, 2.05) is 13.8 Å². The summed E-state index contributed by atoms with van der Waals surface area (Å²) in [4.78, 5) is 26.6. The van der Waals surface area contributed by atoms with Crippen LogP contribution >= 0.6 is 23.2 Å². The number of benzene rings is 4. The first kappa shape index (κ1) is 31.5. The lowest BCUT2D eigenvalue weighted by Crippen LogP contribution is -2.15. The number of carbonyl (C=O) groups excluding carboxylic acids is 2. The molecule has 4 aromatic carbocycles. The van der Waals surface area contributed by atoms with Crippen molar-refractivity contribution in [2.24, 2.45) is 0 Å². The number of halogens is 2. The van der Waals surface area contributed by atoms with Crippen LogP contribution in [-0.4, -0.2) is 40.3 Å². The summed E-state index contributed by atoms with van der Waals surface area (Å²) in [5.41, 5.74) is 4.85. The van der Waals surface area contributed by atoms with Crippen molar-refractivity contribution in [3.8, 4) is 23.0 Å². The molecule has 0 fully saturated rings. The van der Waals surface area contributed by atoms with Crippen molar-refractivity contribution in [2.45, 2.75) is 20.3 Å². The van der Waals surface area contributed by atoms with Crippen LogP contribution in [0.25, 0.3) is 0 Å². The number of carbonyl (C=O) groups is 2. The minimum Gasteiger partial charge on any atom is -0.493 e. The predicted molar refractivity (Wildman–Crippen MR) is 170 cm³/mol. The van der Waals surface area contributed by atoms with E-state index in [0.717, 1.165) is 11.1 Å². The fraction of sp³-hybridized carbons (Fsp3) is 0.212. The van der Waals surface area contributed by atoms with Crippen molar-refractivity contribution >= 4 is 46.4 Å². The molecule has 0 aliphatic heterocycles. The van der Waals surface area contributed by atoms with Crippen LogP contribution in [0.4, 0.5) is 11.4 Å². The summed E-state index contributed by atoms with van der Waals surface area (Å²) in [7, 11) is 6.09. The lowest BCUT2D eigenvalue weighted by atomic mass is 9.99. The van der Waals surface area contributed by atoms with Crippen LogP contribution in [0.5, 0.6) is 23.0 Å². The van der Waals surface area contributed by atoms with Gasteiger partial charge in [0.2, 0.25) is 0 Å². The third-order valence-electron chi connectivity index (χ3n) is 6.96. The summed E-state index contributed by atoms with van der Waals surface area (Å²) in [6.45, 7) is 3.73. The molecule has 0 saturated carbocycles. The molecule has 0 unspecified atom stereocenters. The Balaban J connectivity index is 1.78. The van der Waals surface area contributed by atoms with Gasteiger partial charge in [0.05, 0.1) is 28.4 Å². The second-order valence-electron chi connectivity index (χ2n) is 9.74. The number of nitrogens with one attached hydrogen (secondary N) is 2. The molecule has 4 rings (SSSR count). The topological polar surface area (TPSA) is 95.1 Å². The Morgan fingerprint density at radius 2 is 0.930 bits per heavy atom. The summed E-state index contributed by atoms with van der Waals surface area (Å²) in [6.07, 6.45) is 0.259. The maximum absolute atomic E-state index is 13.3. The molecule has 2 N–H and O–H groups in total. The van der Waals surface area contributed by atoms with Crippen LogP contribution < -0.4 is 29.6 Å². The molecule has 224 valence electrons. The van der Waals surface area contributed by atoms with E-state index >= 15 is 0 Å². The third kappa shape index (κ3) is 7.16. The Kier molecular flexibility index (Phi) is 10.1. The van der Waals surface area contributed by atoms with E-state index < -0.39 is 0 Å². The van der Waals surface area contributed by atoms with E-state index in [9.17, 15) is 9.59 Å². The average molecular weight is 624 g/mol. The van der Waals surface area contributed by atoms with Crippen LogP contribution in [0.15, 0.2) is 60.7 Å². The number of hydrogen-bond donors (Lipinski definition) is 2. The highest BCUT2D eigenvalue weighted by molar-refractivity contribution is 6.32. The summed E-state index contributed by atoms with van der Waals surface area (Å²) >= 11 is 12.6. The highest BCUT2D eigenvalue weighted by Gasteiger charge is 2.20. The van der Waals surface area contributed by atoms with Crippen LogP contribution in [0.3, 0.4) is 0 Å². The zero-order valence-corrected chi connectivity index (χ0v) is 26.2. The standard InChI is InChI=1S/C33H32Cl2N2O6/c1-18-7-9-20(12-24(18)34)32(38)36-26-16-30(42-5)28(40-3)14-22(26)11-23-15-29(41-4)31(43-6)17-27(23)37-33(39)21-10-8-19(2)25(35)13-21/h7-10,12-17H,11H2,1-6H3,(H,36,38)(H,37,39). The number of rotatable bonds is 10. The van der Waals surface area contributed by atoms with Gasteiger partial charge in [0.1, 0.15) is 0 Å². The largest absolute Gasteiger partial charge is 0.493 e. The number of amides is 2. The molecule has 8 nitrogen and oxygen atoms in total. The monoisotopic (exact) mass is 622 g/mol. The van der Waals surface area contributed by atoms with Crippen molar-refractivity contribution < 1.29 is 28.5 Å². The second kappa shape index (κ2) is 13.7. The molecule has 0 atom stereocenters. The minimum atomic E-state index is -0.354. The smallest absolute Gasteiger partial charge is 0.255 e. The average Bonchev–Trinajstić information content (AvgIpc) is 3.00. The predicted octanol–water partition coefficient (Wildman–Crippen LogP) is 7.74. The molecule has 0 saturated heterocycles. The molecule has 43 heavy (non-hydrogen) atoms. The van der Waals surface area contributed by atoms with E-state index in [1.54, 1.807) is 60.7 Å². The maximum Gasteiger partial charge on any atom is 0.255 e. The molecule has 0 bridgehead atoms. The van der Waals surface area contributed by atoms with Gasteiger partial charge in [-0.05, 0) is 72.5 Å². The van der Waals surface area contributed by atoms with E-state index in [4.69, 9.17) is 42.1 Å². The molecule has 0 aliphatic rings. The van der Waals surface area contributed by atoms with Crippen molar-refractivity contribution in [1.82, 2.24) is 0 Å². The van der Waals surface area contributed by atoms with Gasteiger partial charge >= 0.3 is 0 Å². The lowest BCUT2D eigenvalue weighted by Gasteiger charge is -2.19. The molecular weight excluding hydrogens is 591 g/mol. The van der Waals surface area contributed by atoms with Crippen LogP contribution in [0, 0.1) is 13.8 Å². The van der Waals surface area contributed by atoms with Gasteiger partial charge in [-0.25, -0.2) is 0 Å². The molecule has 0 heterocycles. The Morgan fingerprint density at radius 3 is 1.26 bits per heavy atom. The highest BCUT2D eigenvalue weighted by atomic mass is 35.5. The summed E-state index contributed by atoms with van der Waals surface area (Å²) < 4.78 is 22.1. The fourth-order valence-corrected chi connectivity index (χ4v) is 4.79. The molecule has 10 heteroatoms. The van der Waals surface area contributed by atoms with Gasteiger partial charge in [-0.1, -0.05) is 35.3 Å². The number of anilines is 2. The molecule has 0 aromatic heterocycles. The Bertz CT molecular complexity index is 1570. The number of hydrogen-bond acceptors (Lipinski definition) is 6. The minimum absolute atomic E-state index is 0.259. The van der Waals surface area contributed by atoms with Gasteiger partial charge in [-0.15, -0.1) is 0 Å². The maximum atomic E-state index is 13.3. The molecule has 0 radical (unpaired) electrons. The third-order valence-corrected chi connectivity index (χ3v) is 7.78. The van der Waals surface area contributed by atoms with Crippen molar-refractivity contribution in [3.05, 3.63) is 104 Å². The SMILES string of the molecule is COc1cc(Cc2cc(OC)c(OC)cc2NC(=O)c2ccc(C)c(Cl)c2)c(NC(=O)c2ccc(C)c(Cl)c2)cc1OC. The van der Waals surface area contributed by atoms with Gasteiger partial charge in [0.25, 0.3) is 11.8 Å². The van der Waals surface area contributed by atoms with Crippen molar-refractivity contribution in [2.75, 3.05) is 39.1 Å². The normalized spacial score (nSPS) is 10.6. The molecule has 0 spiro atoms. The van der Waals surface area contributed by atoms with Gasteiger partial charge in [0.15, 0.2) is 23.0 Å². The second-order valence-corrected chi connectivity index (χ2v) is 10.6. The first-order valence-electron chi connectivity index (χ1n) is 13.2. The molecular formula is C33H32Cl2N2O6. The van der Waals surface area contributed by atoms with Crippen molar-refractivity contribution in [3.63, 3.8) is 0 Å². The number of aryl methyl sites for hydroxylation is 2. The van der Waals surface area contributed by atoms with Crippen LogP contribution in [0.2, 0.25) is 10.0 Å². The molecule has 4 aromatic rings. The first-order valence-corrected chi connectivity index (χ1v) is 14.0. The van der Waals surface area contributed by atoms with E-state index in [0.29, 0.717) is 66.7 Å². The molecule has 2 amide bonds. The van der Waals surface area contributed by atoms with E-state index in [1.165, 1.54) is 28.4 Å². The Morgan fingerprint density at radius 1 is 0.581 bits per heavy atom. The Labute approximate surface area is 260 Å².